The first-order chi connectivity index (χ1) is 13.3. The van der Waals surface area contributed by atoms with Crippen LogP contribution in [-0.2, 0) is 6.42 Å². The van der Waals surface area contributed by atoms with Gasteiger partial charge >= 0.3 is 0 Å². The van der Waals surface area contributed by atoms with Crippen LogP contribution in [0.1, 0.15) is 12.3 Å². The van der Waals surface area contributed by atoms with E-state index in [4.69, 9.17) is 16.1 Å². The Labute approximate surface area is 164 Å². The van der Waals surface area contributed by atoms with Gasteiger partial charge in [-0.1, -0.05) is 59.2 Å². The van der Waals surface area contributed by atoms with Crippen molar-refractivity contribution in [2.24, 2.45) is 0 Å². The Balaban J connectivity index is 1.23. The van der Waals surface area contributed by atoms with E-state index in [-0.39, 0.29) is 0 Å². The predicted octanol–water partition coefficient (Wildman–Crippen LogP) is 4.14. The maximum Gasteiger partial charge on any atom is 0.227 e. The van der Waals surface area contributed by atoms with Gasteiger partial charge in [-0.25, -0.2) is 0 Å². The monoisotopic (exact) mass is 382 g/mol. The first-order valence-electron chi connectivity index (χ1n) is 9.39. The fraction of sp³-hybridized carbons (Fsp3) is 0.333. The van der Waals surface area contributed by atoms with Crippen molar-refractivity contribution in [3.8, 4) is 11.4 Å². The number of para-hydroxylation sites is 1. The van der Waals surface area contributed by atoms with E-state index in [0.717, 1.165) is 61.8 Å². The molecule has 1 fully saturated rings. The molecule has 2 heterocycles. The van der Waals surface area contributed by atoms with Crippen molar-refractivity contribution in [2.75, 3.05) is 37.6 Å². The zero-order chi connectivity index (χ0) is 18.5. The number of anilines is 1. The van der Waals surface area contributed by atoms with E-state index in [1.54, 1.807) is 0 Å². The minimum absolute atomic E-state index is 0.666. The Kier molecular flexibility index (Phi) is 5.70. The number of piperazine rings is 1. The van der Waals surface area contributed by atoms with E-state index in [9.17, 15) is 0 Å². The molecule has 4 rings (SSSR count). The lowest BCUT2D eigenvalue weighted by atomic mass is 10.2. The topological polar surface area (TPSA) is 45.4 Å². The van der Waals surface area contributed by atoms with Crippen LogP contribution in [0.5, 0.6) is 0 Å². The average Bonchev–Trinajstić information content (AvgIpc) is 3.19. The van der Waals surface area contributed by atoms with Crippen LogP contribution < -0.4 is 4.90 Å². The highest BCUT2D eigenvalue weighted by molar-refractivity contribution is 6.33. The van der Waals surface area contributed by atoms with Crippen molar-refractivity contribution in [2.45, 2.75) is 12.8 Å². The molecule has 140 valence electrons. The van der Waals surface area contributed by atoms with Crippen LogP contribution in [-0.4, -0.2) is 47.8 Å². The second-order valence-electron chi connectivity index (χ2n) is 6.76. The quantitative estimate of drug-likeness (QED) is 0.641. The predicted molar refractivity (Wildman–Crippen MR) is 108 cm³/mol. The number of rotatable bonds is 6. The van der Waals surface area contributed by atoms with E-state index in [0.29, 0.717) is 11.7 Å². The SMILES string of the molecule is Clc1ccccc1N1CCN(CCCc2nc(-c3ccccc3)no2)CC1. The number of halogens is 1. The second kappa shape index (κ2) is 8.55. The van der Waals surface area contributed by atoms with Gasteiger partial charge in [0.1, 0.15) is 0 Å². The van der Waals surface area contributed by atoms with Gasteiger partial charge in [0.2, 0.25) is 11.7 Å². The van der Waals surface area contributed by atoms with Gasteiger partial charge in [-0.3, -0.25) is 4.90 Å². The van der Waals surface area contributed by atoms with Crippen LogP contribution in [0.3, 0.4) is 0 Å². The van der Waals surface area contributed by atoms with E-state index in [2.05, 4.69) is 26.0 Å². The number of benzene rings is 2. The Bertz CT molecular complexity index is 859. The van der Waals surface area contributed by atoms with Gasteiger partial charge in [0.15, 0.2) is 0 Å². The fourth-order valence-electron chi connectivity index (χ4n) is 3.44. The Hall–Kier alpha value is -2.37. The minimum Gasteiger partial charge on any atom is -0.368 e. The van der Waals surface area contributed by atoms with Crippen molar-refractivity contribution in [3.63, 3.8) is 0 Å². The first kappa shape index (κ1) is 18.0. The van der Waals surface area contributed by atoms with Gasteiger partial charge in [0.05, 0.1) is 10.7 Å². The molecule has 0 atom stereocenters. The summed E-state index contributed by atoms with van der Waals surface area (Å²) < 4.78 is 5.39. The smallest absolute Gasteiger partial charge is 0.227 e. The molecular weight excluding hydrogens is 360 g/mol. The normalized spacial score (nSPS) is 15.2. The lowest BCUT2D eigenvalue weighted by Gasteiger charge is -2.36. The summed E-state index contributed by atoms with van der Waals surface area (Å²) in [4.78, 5) is 9.36. The molecule has 0 amide bonds. The van der Waals surface area contributed by atoms with Crippen molar-refractivity contribution >= 4 is 17.3 Å². The zero-order valence-corrected chi connectivity index (χ0v) is 16.0. The lowest BCUT2D eigenvalue weighted by molar-refractivity contribution is 0.251. The van der Waals surface area contributed by atoms with Crippen molar-refractivity contribution in [1.29, 1.82) is 0 Å². The van der Waals surface area contributed by atoms with Crippen LogP contribution in [0, 0.1) is 0 Å². The van der Waals surface area contributed by atoms with E-state index >= 15 is 0 Å². The molecule has 0 bridgehead atoms. The van der Waals surface area contributed by atoms with Crippen LogP contribution in [0.15, 0.2) is 59.1 Å². The van der Waals surface area contributed by atoms with E-state index in [1.165, 1.54) is 0 Å². The van der Waals surface area contributed by atoms with Gasteiger partial charge in [0, 0.05) is 38.2 Å². The summed E-state index contributed by atoms with van der Waals surface area (Å²) in [6.45, 7) is 5.14. The highest BCUT2D eigenvalue weighted by Gasteiger charge is 2.18. The van der Waals surface area contributed by atoms with Crippen LogP contribution in [0.4, 0.5) is 5.69 Å². The largest absolute Gasteiger partial charge is 0.368 e. The van der Waals surface area contributed by atoms with Crippen LogP contribution >= 0.6 is 11.6 Å². The van der Waals surface area contributed by atoms with Gasteiger partial charge < -0.3 is 9.42 Å². The summed E-state index contributed by atoms with van der Waals surface area (Å²) in [5.41, 5.74) is 2.13. The molecule has 1 aromatic heterocycles. The summed E-state index contributed by atoms with van der Waals surface area (Å²) in [5, 5.41) is 4.91. The molecule has 1 aliphatic heterocycles. The maximum atomic E-state index is 6.31. The Morgan fingerprint density at radius 1 is 0.926 bits per heavy atom. The molecule has 1 aliphatic rings. The zero-order valence-electron chi connectivity index (χ0n) is 15.2. The average molecular weight is 383 g/mol. The number of nitrogens with zero attached hydrogens (tertiary/aromatic N) is 4. The molecule has 27 heavy (non-hydrogen) atoms. The lowest BCUT2D eigenvalue weighted by Crippen LogP contribution is -2.46. The molecule has 3 aromatic rings. The fourth-order valence-corrected chi connectivity index (χ4v) is 3.69. The molecule has 0 unspecified atom stereocenters. The van der Waals surface area contributed by atoms with Gasteiger partial charge in [-0.2, -0.15) is 4.98 Å². The molecule has 0 aliphatic carbocycles. The van der Waals surface area contributed by atoms with Crippen molar-refractivity contribution in [1.82, 2.24) is 15.0 Å². The molecular formula is C21H23ClN4O. The Morgan fingerprint density at radius 3 is 2.44 bits per heavy atom. The van der Waals surface area contributed by atoms with Gasteiger partial charge in [-0.05, 0) is 25.1 Å². The number of aryl methyl sites for hydroxylation is 1. The first-order valence-corrected chi connectivity index (χ1v) is 9.77. The molecule has 0 saturated carbocycles. The third-order valence-electron chi connectivity index (χ3n) is 4.93. The third kappa shape index (κ3) is 4.49. The highest BCUT2D eigenvalue weighted by atomic mass is 35.5. The van der Waals surface area contributed by atoms with Crippen molar-refractivity contribution < 1.29 is 4.52 Å². The summed E-state index contributed by atoms with van der Waals surface area (Å²) in [5.74, 6) is 1.38. The van der Waals surface area contributed by atoms with Crippen LogP contribution in [0.2, 0.25) is 5.02 Å². The number of aromatic nitrogens is 2. The molecule has 0 N–H and O–H groups in total. The molecule has 2 aromatic carbocycles. The number of hydrogen-bond donors (Lipinski definition) is 0. The van der Waals surface area contributed by atoms with E-state index in [1.807, 2.05) is 48.5 Å². The van der Waals surface area contributed by atoms with Gasteiger partial charge in [0.25, 0.3) is 0 Å². The maximum absolute atomic E-state index is 6.31. The minimum atomic E-state index is 0.666. The molecule has 5 nitrogen and oxygen atoms in total. The molecule has 0 spiro atoms. The third-order valence-corrected chi connectivity index (χ3v) is 5.25. The molecule has 1 saturated heterocycles. The summed E-state index contributed by atoms with van der Waals surface area (Å²) in [6.07, 6.45) is 1.83. The highest BCUT2D eigenvalue weighted by Crippen LogP contribution is 2.26. The molecule has 6 heteroatoms. The Morgan fingerprint density at radius 2 is 1.67 bits per heavy atom. The standard InChI is InChI=1S/C21H23ClN4O/c22-18-9-4-5-10-19(18)26-15-13-25(14-16-26)12-6-11-20-23-21(24-27-20)17-7-2-1-3-8-17/h1-5,7-10H,6,11-16H2. The van der Waals surface area contributed by atoms with Crippen molar-refractivity contribution in [3.05, 3.63) is 65.5 Å². The summed E-state index contributed by atoms with van der Waals surface area (Å²) in [7, 11) is 0. The molecule has 0 radical (unpaired) electrons. The second-order valence-corrected chi connectivity index (χ2v) is 7.17. The van der Waals surface area contributed by atoms with Gasteiger partial charge in [-0.15, -0.1) is 0 Å². The summed E-state index contributed by atoms with van der Waals surface area (Å²) >= 11 is 6.31. The number of hydrogen-bond acceptors (Lipinski definition) is 5. The van der Waals surface area contributed by atoms with Crippen LogP contribution in [0.25, 0.3) is 11.4 Å². The summed E-state index contributed by atoms with van der Waals surface area (Å²) in [6, 6.07) is 18.0. The van der Waals surface area contributed by atoms with E-state index < -0.39 is 0 Å².